The Labute approximate surface area is 194 Å². The van der Waals surface area contributed by atoms with Crippen molar-refractivity contribution in [2.75, 3.05) is 20.7 Å². The molecule has 0 aliphatic rings. The van der Waals surface area contributed by atoms with Gasteiger partial charge in [-0.05, 0) is 47.2 Å². The highest BCUT2D eigenvalue weighted by atomic mass is 16.5. The molecule has 176 valence electrons. The number of carbonyl (C=O) groups excluding carboxylic acids is 3. The molecule has 0 unspecified atom stereocenters. The molecule has 0 fully saturated rings. The van der Waals surface area contributed by atoms with Gasteiger partial charge in [-0.3, -0.25) is 15.0 Å². The summed E-state index contributed by atoms with van der Waals surface area (Å²) in [4.78, 5) is 37.8. The second-order valence-electron chi connectivity index (χ2n) is 9.17. The number of nitrogen functional groups attached to an aromatic ring is 1. The van der Waals surface area contributed by atoms with Gasteiger partial charge in [0.1, 0.15) is 11.6 Å². The first-order valence-electron chi connectivity index (χ1n) is 10.5. The van der Waals surface area contributed by atoms with Crippen molar-refractivity contribution in [3.05, 3.63) is 64.7 Å². The van der Waals surface area contributed by atoms with Crippen LogP contribution >= 0.6 is 0 Å². The van der Waals surface area contributed by atoms with Crippen LogP contribution in [0.4, 0.5) is 0 Å². The van der Waals surface area contributed by atoms with Crippen LogP contribution in [0.2, 0.25) is 0 Å². The Morgan fingerprint density at radius 2 is 1.58 bits per heavy atom. The number of amides is 1. The minimum atomic E-state index is -0.541. The van der Waals surface area contributed by atoms with Crippen LogP contribution in [0.5, 0.6) is 5.75 Å². The lowest BCUT2D eigenvalue weighted by Gasteiger charge is -2.21. The van der Waals surface area contributed by atoms with E-state index >= 15 is 0 Å². The summed E-state index contributed by atoms with van der Waals surface area (Å²) in [6.45, 7) is 5.90. The lowest BCUT2D eigenvalue weighted by atomic mass is 9.85. The van der Waals surface area contributed by atoms with E-state index in [1.54, 1.807) is 56.6 Å². The van der Waals surface area contributed by atoms with E-state index in [-0.39, 0.29) is 30.2 Å². The van der Waals surface area contributed by atoms with Crippen molar-refractivity contribution in [2.24, 2.45) is 11.1 Å². The number of nitrogens with two attached hydrogens (primary N) is 1. The molecule has 0 saturated heterocycles. The largest absolute Gasteiger partial charge is 0.455 e. The molecule has 8 heteroatoms. The van der Waals surface area contributed by atoms with Gasteiger partial charge in [0, 0.05) is 19.7 Å². The molecule has 33 heavy (non-hydrogen) atoms. The smallest absolute Gasteiger partial charge is 0.343 e. The van der Waals surface area contributed by atoms with E-state index in [9.17, 15) is 14.4 Å². The third kappa shape index (κ3) is 8.07. The maximum Gasteiger partial charge on any atom is 0.343 e. The molecule has 0 spiro atoms. The summed E-state index contributed by atoms with van der Waals surface area (Å²) in [6, 6.07) is 11.4. The van der Waals surface area contributed by atoms with E-state index < -0.39 is 11.9 Å². The zero-order chi connectivity index (χ0) is 24.8. The average molecular weight is 454 g/mol. The van der Waals surface area contributed by atoms with E-state index in [0.29, 0.717) is 23.3 Å². The number of nitrogens with one attached hydrogen (secondary N) is 1. The van der Waals surface area contributed by atoms with Gasteiger partial charge in [0.15, 0.2) is 6.61 Å². The molecule has 0 aliphatic heterocycles. The molecule has 2 aromatic rings. The Morgan fingerprint density at radius 1 is 0.970 bits per heavy atom. The van der Waals surface area contributed by atoms with Crippen LogP contribution in [0.25, 0.3) is 0 Å². The third-order valence-corrected chi connectivity index (χ3v) is 4.73. The minimum Gasteiger partial charge on any atom is -0.455 e. The monoisotopic (exact) mass is 453 g/mol. The molecule has 0 aliphatic carbocycles. The molecule has 2 aromatic carbocycles. The first-order chi connectivity index (χ1) is 15.4. The zero-order valence-electron chi connectivity index (χ0n) is 19.7. The van der Waals surface area contributed by atoms with Gasteiger partial charge in [0.05, 0.1) is 12.0 Å². The number of amidine groups is 1. The van der Waals surface area contributed by atoms with Crippen molar-refractivity contribution >= 4 is 23.7 Å². The molecule has 0 radical (unpaired) electrons. The quantitative estimate of drug-likeness (QED) is 0.274. The number of rotatable bonds is 8. The normalized spacial score (nSPS) is 10.9. The number of ether oxygens (including phenoxy) is 2. The number of benzene rings is 2. The number of nitrogens with zero attached hydrogens (tertiary/aromatic N) is 1. The fourth-order valence-electron chi connectivity index (χ4n) is 3.00. The van der Waals surface area contributed by atoms with E-state index in [1.807, 2.05) is 0 Å². The van der Waals surface area contributed by atoms with Crippen molar-refractivity contribution < 1.29 is 23.9 Å². The van der Waals surface area contributed by atoms with E-state index in [4.69, 9.17) is 20.6 Å². The first-order valence-corrected chi connectivity index (χ1v) is 10.5. The highest BCUT2D eigenvalue weighted by Gasteiger charge is 2.19. The summed E-state index contributed by atoms with van der Waals surface area (Å²) in [5.41, 5.74) is 7.81. The Kier molecular flexibility index (Phi) is 8.34. The molecule has 0 bridgehead atoms. The van der Waals surface area contributed by atoms with Crippen LogP contribution in [-0.4, -0.2) is 49.3 Å². The van der Waals surface area contributed by atoms with E-state index in [1.165, 1.54) is 4.90 Å². The Bertz CT molecular complexity index is 1040. The fourth-order valence-corrected chi connectivity index (χ4v) is 3.00. The van der Waals surface area contributed by atoms with Crippen LogP contribution in [0, 0.1) is 10.8 Å². The van der Waals surface area contributed by atoms with Gasteiger partial charge in [0.25, 0.3) is 5.91 Å². The van der Waals surface area contributed by atoms with Crippen molar-refractivity contribution in [3.63, 3.8) is 0 Å². The van der Waals surface area contributed by atoms with Crippen molar-refractivity contribution in [1.29, 1.82) is 5.41 Å². The Hall–Kier alpha value is -3.68. The van der Waals surface area contributed by atoms with Gasteiger partial charge in [-0.15, -0.1) is 0 Å². The molecular weight excluding hydrogens is 422 g/mol. The summed E-state index contributed by atoms with van der Waals surface area (Å²) in [6.07, 6.45) is 0.651. The predicted molar refractivity (Wildman–Crippen MR) is 125 cm³/mol. The number of carbonyl (C=O) groups is 3. The molecule has 8 nitrogen and oxygen atoms in total. The van der Waals surface area contributed by atoms with Crippen LogP contribution < -0.4 is 10.5 Å². The van der Waals surface area contributed by atoms with Gasteiger partial charge in [-0.2, -0.15) is 0 Å². The fraction of sp³-hybridized carbons (Fsp3) is 0.360. The van der Waals surface area contributed by atoms with Gasteiger partial charge >= 0.3 is 11.9 Å². The highest BCUT2D eigenvalue weighted by molar-refractivity contribution is 5.97. The second kappa shape index (κ2) is 10.8. The van der Waals surface area contributed by atoms with Crippen LogP contribution in [-0.2, 0) is 27.2 Å². The topological polar surface area (TPSA) is 123 Å². The van der Waals surface area contributed by atoms with Crippen LogP contribution in [0.3, 0.4) is 0 Å². The van der Waals surface area contributed by atoms with Gasteiger partial charge < -0.3 is 20.1 Å². The van der Waals surface area contributed by atoms with Crippen LogP contribution in [0.15, 0.2) is 42.5 Å². The Balaban J connectivity index is 2.18. The SMILES string of the molecule is CN(C)C(=O)COC(=O)Cc1ccc(OC(=O)c2ccc(C(=N)N)cc2)cc1CC(C)(C)C. The first kappa shape index (κ1) is 25.6. The standard InChI is InChI=1S/C25H31N3O5/c1-25(2,3)14-19-12-20(33-24(31)17-8-6-16(7-9-17)23(26)27)11-10-18(19)13-22(30)32-15-21(29)28(4)5/h6-12H,13-15H2,1-5H3,(H3,26,27). The third-order valence-electron chi connectivity index (χ3n) is 4.73. The maximum absolute atomic E-state index is 12.5. The zero-order valence-corrected chi connectivity index (χ0v) is 19.7. The van der Waals surface area contributed by atoms with Gasteiger partial charge in [-0.1, -0.05) is 39.0 Å². The molecule has 1 amide bonds. The molecule has 3 N–H and O–H groups in total. The average Bonchev–Trinajstić information content (AvgIpc) is 2.72. The minimum absolute atomic E-state index is 0.00680. The molecule has 0 atom stereocenters. The molecular formula is C25H31N3O5. The van der Waals surface area contributed by atoms with Crippen molar-refractivity contribution in [3.8, 4) is 5.75 Å². The lowest BCUT2D eigenvalue weighted by Crippen LogP contribution is -2.28. The highest BCUT2D eigenvalue weighted by Crippen LogP contribution is 2.27. The molecule has 2 rings (SSSR count). The second-order valence-corrected chi connectivity index (χ2v) is 9.17. The molecule has 0 aromatic heterocycles. The summed E-state index contributed by atoms with van der Waals surface area (Å²) >= 11 is 0. The maximum atomic E-state index is 12.5. The van der Waals surface area contributed by atoms with Crippen molar-refractivity contribution in [1.82, 2.24) is 4.90 Å². The van der Waals surface area contributed by atoms with Gasteiger partial charge in [-0.25, -0.2) is 4.79 Å². The predicted octanol–water partition coefficient (Wildman–Crippen LogP) is 2.95. The summed E-state index contributed by atoms with van der Waals surface area (Å²) in [5, 5.41) is 7.43. The van der Waals surface area contributed by atoms with E-state index in [0.717, 1.165) is 11.1 Å². The number of hydrogen-bond donors (Lipinski definition) is 2. The summed E-state index contributed by atoms with van der Waals surface area (Å²) in [5.74, 6) is -1.06. The van der Waals surface area contributed by atoms with Crippen molar-refractivity contribution in [2.45, 2.75) is 33.6 Å². The van der Waals surface area contributed by atoms with Gasteiger partial charge in [0.2, 0.25) is 0 Å². The number of likely N-dealkylation sites (N-methyl/N-ethyl adjacent to an activating group) is 1. The summed E-state index contributed by atoms with van der Waals surface area (Å²) in [7, 11) is 3.19. The lowest BCUT2D eigenvalue weighted by molar-refractivity contribution is -0.150. The number of esters is 2. The van der Waals surface area contributed by atoms with E-state index in [2.05, 4.69) is 20.8 Å². The van der Waals surface area contributed by atoms with Crippen LogP contribution in [0.1, 0.15) is 47.8 Å². The summed E-state index contributed by atoms with van der Waals surface area (Å²) < 4.78 is 10.6. The molecule has 0 saturated carbocycles. The number of hydrogen-bond acceptors (Lipinski definition) is 6. The molecule has 0 heterocycles. The Morgan fingerprint density at radius 3 is 2.12 bits per heavy atom.